The molecule has 0 saturated carbocycles. The third-order valence-corrected chi connectivity index (χ3v) is 2.17. The number of Topliss-reactive ketones (excluding diaryl/α,β-unsaturated/α-hetero) is 1. The van der Waals surface area contributed by atoms with Gasteiger partial charge >= 0.3 is 5.97 Å². The Labute approximate surface area is 71.5 Å². The van der Waals surface area contributed by atoms with Gasteiger partial charge in [-0.05, 0) is 7.05 Å². The monoisotopic (exact) mass is 171 g/mol. The zero-order valence-corrected chi connectivity index (χ0v) is 7.37. The molecular formula is C8H13NO3. The Balaban J connectivity index is 2.60. The van der Waals surface area contributed by atoms with E-state index in [9.17, 15) is 9.59 Å². The third kappa shape index (κ3) is 1.82. The highest BCUT2D eigenvalue weighted by Crippen LogP contribution is 2.12. The fourth-order valence-electron chi connectivity index (χ4n) is 1.33. The second-order valence-electron chi connectivity index (χ2n) is 3.01. The molecule has 0 amide bonds. The first kappa shape index (κ1) is 9.19. The van der Waals surface area contributed by atoms with Gasteiger partial charge in [-0.1, -0.05) is 0 Å². The van der Waals surface area contributed by atoms with E-state index in [1.54, 1.807) is 0 Å². The van der Waals surface area contributed by atoms with Crippen LogP contribution in [0.4, 0.5) is 0 Å². The molecule has 1 saturated heterocycles. The summed E-state index contributed by atoms with van der Waals surface area (Å²) >= 11 is 0. The maximum Gasteiger partial charge on any atom is 0.323 e. The van der Waals surface area contributed by atoms with Gasteiger partial charge in [-0.15, -0.1) is 0 Å². The molecule has 1 aliphatic rings. The number of nitrogens with zero attached hydrogens (tertiary/aromatic N) is 1. The first-order valence-corrected chi connectivity index (χ1v) is 3.95. The van der Waals surface area contributed by atoms with Crippen molar-refractivity contribution in [1.82, 2.24) is 4.90 Å². The number of ketones is 1. The van der Waals surface area contributed by atoms with Crippen molar-refractivity contribution < 1.29 is 14.3 Å². The van der Waals surface area contributed by atoms with Crippen molar-refractivity contribution in [3.8, 4) is 0 Å². The van der Waals surface area contributed by atoms with E-state index in [0.29, 0.717) is 19.4 Å². The zero-order valence-electron chi connectivity index (χ0n) is 7.37. The molecule has 0 aliphatic carbocycles. The number of carbonyl (C=O) groups excluding carboxylic acids is 2. The van der Waals surface area contributed by atoms with E-state index >= 15 is 0 Å². The van der Waals surface area contributed by atoms with Crippen LogP contribution in [0.2, 0.25) is 0 Å². The molecule has 68 valence electrons. The number of methoxy groups -OCH3 is 1. The molecule has 1 rings (SSSR count). The van der Waals surface area contributed by atoms with E-state index in [1.807, 2.05) is 11.9 Å². The zero-order chi connectivity index (χ0) is 9.14. The minimum atomic E-state index is -0.365. The maximum absolute atomic E-state index is 11.1. The van der Waals surface area contributed by atoms with E-state index in [-0.39, 0.29) is 17.8 Å². The van der Waals surface area contributed by atoms with Crippen molar-refractivity contribution in [2.24, 2.45) is 0 Å². The fourth-order valence-corrected chi connectivity index (χ4v) is 1.33. The summed E-state index contributed by atoms with van der Waals surface area (Å²) in [5.74, 6) is -0.172. The number of esters is 1. The standard InChI is InChI=1S/C8H13NO3/c1-9-4-3-6(10)5-7(9)8(11)12-2/h7H,3-5H2,1-2H3/t7-/m1/s1. The van der Waals surface area contributed by atoms with Gasteiger partial charge in [-0.25, -0.2) is 0 Å². The lowest BCUT2D eigenvalue weighted by Gasteiger charge is -2.29. The van der Waals surface area contributed by atoms with Crippen LogP contribution in [0.15, 0.2) is 0 Å². The maximum atomic E-state index is 11.1. The summed E-state index contributed by atoms with van der Waals surface area (Å²) in [6.45, 7) is 0.651. The second kappa shape index (κ2) is 3.67. The normalized spacial score (nSPS) is 25.5. The van der Waals surface area contributed by atoms with Gasteiger partial charge in [-0.2, -0.15) is 0 Å². The lowest BCUT2D eigenvalue weighted by molar-refractivity contribution is -0.150. The molecule has 0 N–H and O–H groups in total. The Morgan fingerprint density at radius 1 is 1.67 bits per heavy atom. The summed E-state index contributed by atoms with van der Waals surface area (Å²) in [6, 6.07) is -0.365. The first-order chi connectivity index (χ1) is 5.65. The SMILES string of the molecule is COC(=O)[C@H]1CC(=O)CCN1C. The summed E-state index contributed by atoms with van der Waals surface area (Å²) in [4.78, 5) is 24.0. The van der Waals surface area contributed by atoms with Crippen molar-refractivity contribution >= 4 is 11.8 Å². The molecule has 0 bridgehead atoms. The topological polar surface area (TPSA) is 46.6 Å². The molecule has 0 aromatic rings. The number of carbonyl (C=O) groups is 2. The predicted octanol–water partition coefficient (Wildman–Crippen LogP) is -0.177. The van der Waals surface area contributed by atoms with Crippen molar-refractivity contribution in [2.75, 3.05) is 20.7 Å². The molecule has 1 fully saturated rings. The Morgan fingerprint density at radius 2 is 2.33 bits per heavy atom. The number of hydrogen-bond acceptors (Lipinski definition) is 4. The Hall–Kier alpha value is -0.900. The van der Waals surface area contributed by atoms with Crippen molar-refractivity contribution in [2.45, 2.75) is 18.9 Å². The number of ether oxygens (including phenoxy) is 1. The van der Waals surface area contributed by atoms with E-state index in [2.05, 4.69) is 4.74 Å². The summed E-state index contributed by atoms with van der Waals surface area (Å²) in [5.41, 5.74) is 0. The van der Waals surface area contributed by atoms with Crippen LogP contribution < -0.4 is 0 Å². The van der Waals surface area contributed by atoms with Crippen LogP contribution in [0.1, 0.15) is 12.8 Å². The highest BCUT2D eigenvalue weighted by atomic mass is 16.5. The van der Waals surface area contributed by atoms with Crippen LogP contribution in [0, 0.1) is 0 Å². The average molecular weight is 171 g/mol. The van der Waals surface area contributed by atoms with Crippen LogP contribution in [0.5, 0.6) is 0 Å². The molecule has 12 heavy (non-hydrogen) atoms. The smallest absolute Gasteiger partial charge is 0.323 e. The third-order valence-electron chi connectivity index (χ3n) is 2.17. The van der Waals surface area contributed by atoms with Crippen molar-refractivity contribution in [3.63, 3.8) is 0 Å². The predicted molar refractivity (Wildman–Crippen MR) is 42.7 cm³/mol. The quantitative estimate of drug-likeness (QED) is 0.513. The highest BCUT2D eigenvalue weighted by Gasteiger charge is 2.30. The molecule has 0 aromatic carbocycles. The lowest BCUT2D eigenvalue weighted by Crippen LogP contribution is -2.45. The fraction of sp³-hybridized carbons (Fsp3) is 0.750. The molecule has 1 atom stereocenters. The molecule has 1 heterocycles. The van der Waals surface area contributed by atoms with E-state index in [4.69, 9.17) is 0 Å². The summed E-state index contributed by atoms with van der Waals surface area (Å²) in [6.07, 6.45) is 0.840. The largest absolute Gasteiger partial charge is 0.468 e. The molecule has 1 aliphatic heterocycles. The van der Waals surface area contributed by atoms with Gasteiger partial charge in [0.1, 0.15) is 11.8 Å². The molecule has 0 aromatic heterocycles. The van der Waals surface area contributed by atoms with Crippen LogP contribution in [-0.2, 0) is 14.3 Å². The van der Waals surface area contributed by atoms with Gasteiger partial charge in [0.25, 0.3) is 0 Å². The molecular weight excluding hydrogens is 158 g/mol. The summed E-state index contributed by atoms with van der Waals surface area (Å²) in [5, 5.41) is 0. The second-order valence-corrected chi connectivity index (χ2v) is 3.01. The van der Waals surface area contributed by atoms with Gasteiger partial charge < -0.3 is 4.74 Å². The highest BCUT2D eigenvalue weighted by molar-refractivity contribution is 5.87. The molecule has 0 spiro atoms. The van der Waals surface area contributed by atoms with Gasteiger partial charge in [0.05, 0.1) is 7.11 Å². The van der Waals surface area contributed by atoms with Crippen LogP contribution in [0.3, 0.4) is 0 Å². The van der Waals surface area contributed by atoms with Crippen LogP contribution >= 0.6 is 0 Å². The molecule has 0 unspecified atom stereocenters. The Kier molecular flexibility index (Phi) is 2.81. The Morgan fingerprint density at radius 3 is 2.92 bits per heavy atom. The van der Waals surface area contributed by atoms with Gasteiger partial charge in [0.15, 0.2) is 0 Å². The van der Waals surface area contributed by atoms with Gasteiger partial charge in [0, 0.05) is 19.4 Å². The van der Waals surface area contributed by atoms with Crippen LogP contribution in [-0.4, -0.2) is 43.4 Å². The molecule has 4 heteroatoms. The minimum absolute atomic E-state index is 0.142. The van der Waals surface area contributed by atoms with E-state index in [0.717, 1.165) is 0 Å². The number of rotatable bonds is 1. The molecule has 4 nitrogen and oxygen atoms in total. The number of likely N-dealkylation sites (tertiary alicyclic amines) is 1. The van der Waals surface area contributed by atoms with Gasteiger partial charge in [0.2, 0.25) is 0 Å². The van der Waals surface area contributed by atoms with E-state index in [1.165, 1.54) is 7.11 Å². The number of piperidine rings is 1. The molecule has 0 radical (unpaired) electrons. The van der Waals surface area contributed by atoms with Crippen molar-refractivity contribution in [3.05, 3.63) is 0 Å². The first-order valence-electron chi connectivity index (χ1n) is 3.95. The minimum Gasteiger partial charge on any atom is -0.468 e. The Bertz CT molecular complexity index is 202. The average Bonchev–Trinajstić information content (AvgIpc) is 2.08. The van der Waals surface area contributed by atoms with Crippen molar-refractivity contribution in [1.29, 1.82) is 0 Å². The summed E-state index contributed by atoms with van der Waals surface area (Å²) < 4.78 is 4.58. The number of likely N-dealkylation sites (N-methyl/N-ethyl adjacent to an activating group) is 1. The number of hydrogen-bond donors (Lipinski definition) is 0. The van der Waals surface area contributed by atoms with Gasteiger partial charge in [-0.3, -0.25) is 14.5 Å². The lowest BCUT2D eigenvalue weighted by atomic mass is 10.0. The summed E-state index contributed by atoms with van der Waals surface area (Å²) in [7, 11) is 3.17. The van der Waals surface area contributed by atoms with E-state index < -0.39 is 0 Å². The van der Waals surface area contributed by atoms with Crippen LogP contribution in [0.25, 0.3) is 0 Å².